The number of rotatable bonds is 5. The first-order chi connectivity index (χ1) is 9.60. The standard InChI is InChI=1S/C14H20ClN3O2/c1-2-7-17-8-5-12(6-9-17)16-13-4-3-11(15)10-14(13)18(19)20/h3-4,10,12,16H,2,5-9H2,1H3. The summed E-state index contributed by atoms with van der Waals surface area (Å²) >= 11 is 5.82. The SMILES string of the molecule is CCCN1CCC(Nc2ccc(Cl)cc2[N+](=O)[O-])CC1. The van der Waals surface area contributed by atoms with Crippen LogP contribution in [0.15, 0.2) is 18.2 Å². The predicted molar refractivity (Wildman–Crippen MR) is 81.5 cm³/mol. The molecule has 1 saturated heterocycles. The van der Waals surface area contributed by atoms with Crippen LogP contribution in [0.2, 0.25) is 5.02 Å². The predicted octanol–water partition coefficient (Wildman–Crippen LogP) is 3.53. The first kappa shape index (κ1) is 15.1. The second-order valence-electron chi connectivity index (χ2n) is 5.18. The molecule has 0 aromatic heterocycles. The minimum atomic E-state index is -0.388. The van der Waals surface area contributed by atoms with Crippen LogP contribution in [0.1, 0.15) is 26.2 Å². The highest BCUT2D eigenvalue weighted by molar-refractivity contribution is 6.30. The summed E-state index contributed by atoms with van der Waals surface area (Å²) in [6.07, 6.45) is 3.19. The van der Waals surface area contributed by atoms with Crippen LogP contribution in [-0.4, -0.2) is 35.5 Å². The molecular formula is C14H20ClN3O2. The summed E-state index contributed by atoms with van der Waals surface area (Å²) in [6, 6.07) is 5.07. The average molecular weight is 298 g/mol. The van der Waals surface area contributed by atoms with Crippen molar-refractivity contribution < 1.29 is 4.92 Å². The summed E-state index contributed by atoms with van der Waals surface area (Å²) in [7, 11) is 0. The quantitative estimate of drug-likeness (QED) is 0.667. The number of nitrogens with zero attached hydrogens (tertiary/aromatic N) is 2. The molecule has 2 rings (SSSR count). The van der Waals surface area contributed by atoms with Crippen molar-refractivity contribution in [3.05, 3.63) is 33.3 Å². The molecule has 1 aliphatic rings. The van der Waals surface area contributed by atoms with Gasteiger partial charge in [-0.15, -0.1) is 0 Å². The zero-order valence-corrected chi connectivity index (χ0v) is 12.4. The van der Waals surface area contributed by atoms with Crippen molar-refractivity contribution in [2.24, 2.45) is 0 Å². The van der Waals surface area contributed by atoms with Gasteiger partial charge in [0.05, 0.1) is 4.92 Å². The molecular weight excluding hydrogens is 278 g/mol. The summed E-state index contributed by atoms with van der Waals surface area (Å²) < 4.78 is 0. The van der Waals surface area contributed by atoms with E-state index in [1.807, 2.05) is 0 Å². The van der Waals surface area contributed by atoms with E-state index in [0.717, 1.165) is 32.5 Å². The van der Waals surface area contributed by atoms with E-state index in [9.17, 15) is 10.1 Å². The lowest BCUT2D eigenvalue weighted by Crippen LogP contribution is -2.39. The molecule has 0 saturated carbocycles. The largest absolute Gasteiger partial charge is 0.377 e. The summed E-state index contributed by atoms with van der Waals surface area (Å²) in [5.74, 6) is 0. The van der Waals surface area contributed by atoms with E-state index in [0.29, 0.717) is 16.8 Å². The Morgan fingerprint density at radius 1 is 1.45 bits per heavy atom. The van der Waals surface area contributed by atoms with Crippen molar-refractivity contribution in [1.29, 1.82) is 0 Å². The van der Waals surface area contributed by atoms with Gasteiger partial charge < -0.3 is 10.2 Å². The molecule has 0 aliphatic carbocycles. The number of hydrogen-bond donors (Lipinski definition) is 1. The van der Waals surface area contributed by atoms with Crippen molar-refractivity contribution in [3.8, 4) is 0 Å². The Labute approximate surface area is 124 Å². The first-order valence-electron chi connectivity index (χ1n) is 7.03. The number of anilines is 1. The Morgan fingerprint density at radius 2 is 2.15 bits per heavy atom. The lowest BCUT2D eigenvalue weighted by atomic mass is 10.0. The number of halogens is 1. The maximum atomic E-state index is 11.1. The van der Waals surface area contributed by atoms with Crippen LogP contribution in [0.5, 0.6) is 0 Å². The Kier molecular flexibility index (Phi) is 5.20. The number of benzene rings is 1. The number of nitro groups is 1. The molecule has 0 amide bonds. The molecule has 0 radical (unpaired) electrons. The molecule has 5 nitrogen and oxygen atoms in total. The van der Waals surface area contributed by atoms with Gasteiger partial charge in [0.15, 0.2) is 0 Å². The van der Waals surface area contributed by atoms with Crippen LogP contribution in [0.25, 0.3) is 0 Å². The maximum absolute atomic E-state index is 11.1. The van der Waals surface area contributed by atoms with Gasteiger partial charge in [-0.25, -0.2) is 0 Å². The molecule has 1 N–H and O–H groups in total. The molecule has 1 aromatic carbocycles. The normalized spacial score (nSPS) is 17.1. The van der Waals surface area contributed by atoms with Gasteiger partial charge in [-0.2, -0.15) is 0 Å². The maximum Gasteiger partial charge on any atom is 0.293 e. The highest BCUT2D eigenvalue weighted by atomic mass is 35.5. The van der Waals surface area contributed by atoms with Crippen LogP contribution in [0.4, 0.5) is 11.4 Å². The number of nitrogens with one attached hydrogen (secondary N) is 1. The minimum absolute atomic E-state index is 0.0495. The zero-order valence-electron chi connectivity index (χ0n) is 11.6. The lowest BCUT2D eigenvalue weighted by Gasteiger charge is -2.32. The van der Waals surface area contributed by atoms with E-state index in [4.69, 9.17) is 11.6 Å². The molecule has 0 bridgehead atoms. The molecule has 6 heteroatoms. The number of piperidine rings is 1. The minimum Gasteiger partial charge on any atom is -0.377 e. The van der Waals surface area contributed by atoms with E-state index in [1.165, 1.54) is 12.5 Å². The van der Waals surface area contributed by atoms with Crippen molar-refractivity contribution in [2.75, 3.05) is 25.0 Å². The molecule has 1 fully saturated rings. The zero-order chi connectivity index (χ0) is 14.5. The molecule has 0 spiro atoms. The number of likely N-dealkylation sites (tertiary alicyclic amines) is 1. The molecule has 0 unspecified atom stereocenters. The van der Waals surface area contributed by atoms with E-state index in [2.05, 4.69) is 17.1 Å². The van der Waals surface area contributed by atoms with Crippen LogP contribution in [-0.2, 0) is 0 Å². The molecule has 1 aromatic rings. The third-order valence-electron chi connectivity index (χ3n) is 3.64. The highest BCUT2D eigenvalue weighted by Gasteiger charge is 2.21. The van der Waals surface area contributed by atoms with Gasteiger partial charge in [-0.05, 0) is 37.9 Å². The van der Waals surface area contributed by atoms with Crippen molar-refractivity contribution in [3.63, 3.8) is 0 Å². The third kappa shape index (κ3) is 3.84. The fourth-order valence-corrected chi connectivity index (χ4v) is 2.78. The molecule has 110 valence electrons. The molecule has 20 heavy (non-hydrogen) atoms. The van der Waals surface area contributed by atoms with Gasteiger partial charge in [0.1, 0.15) is 5.69 Å². The van der Waals surface area contributed by atoms with E-state index < -0.39 is 0 Å². The second-order valence-corrected chi connectivity index (χ2v) is 5.62. The van der Waals surface area contributed by atoms with Gasteiger partial charge in [0.2, 0.25) is 0 Å². The Bertz CT molecular complexity index is 473. The lowest BCUT2D eigenvalue weighted by molar-refractivity contribution is -0.384. The van der Waals surface area contributed by atoms with Crippen molar-refractivity contribution >= 4 is 23.0 Å². The van der Waals surface area contributed by atoms with Gasteiger partial charge in [0, 0.05) is 30.2 Å². The average Bonchev–Trinajstić information content (AvgIpc) is 2.43. The summed E-state index contributed by atoms with van der Waals surface area (Å²) in [5, 5.41) is 14.7. The summed E-state index contributed by atoms with van der Waals surface area (Å²) in [4.78, 5) is 13.1. The molecule has 0 atom stereocenters. The smallest absolute Gasteiger partial charge is 0.293 e. The topological polar surface area (TPSA) is 58.4 Å². The van der Waals surface area contributed by atoms with Crippen molar-refractivity contribution in [1.82, 2.24) is 4.90 Å². The van der Waals surface area contributed by atoms with Gasteiger partial charge >= 0.3 is 0 Å². The monoisotopic (exact) mass is 297 g/mol. The van der Waals surface area contributed by atoms with E-state index in [-0.39, 0.29) is 10.6 Å². The van der Waals surface area contributed by atoms with Crippen LogP contribution in [0.3, 0.4) is 0 Å². The Morgan fingerprint density at radius 3 is 2.75 bits per heavy atom. The first-order valence-corrected chi connectivity index (χ1v) is 7.40. The van der Waals surface area contributed by atoms with Gasteiger partial charge in [0.25, 0.3) is 5.69 Å². The number of nitro benzene ring substituents is 1. The van der Waals surface area contributed by atoms with E-state index >= 15 is 0 Å². The van der Waals surface area contributed by atoms with Gasteiger partial charge in [-0.3, -0.25) is 10.1 Å². The van der Waals surface area contributed by atoms with Crippen LogP contribution >= 0.6 is 11.6 Å². The number of hydrogen-bond acceptors (Lipinski definition) is 4. The van der Waals surface area contributed by atoms with E-state index in [1.54, 1.807) is 12.1 Å². The fraction of sp³-hybridized carbons (Fsp3) is 0.571. The molecule has 1 heterocycles. The van der Waals surface area contributed by atoms with Crippen LogP contribution in [0, 0.1) is 10.1 Å². The highest BCUT2D eigenvalue weighted by Crippen LogP contribution is 2.29. The fourth-order valence-electron chi connectivity index (χ4n) is 2.61. The Balaban J connectivity index is 1.99. The van der Waals surface area contributed by atoms with Crippen LogP contribution < -0.4 is 5.32 Å². The summed E-state index contributed by atoms with van der Waals surface area (Å²) in [6.45, 7) is 5.41. The Hall–Kier alpha value is -1.33. The second kappa shape index (κ2) is 6.90. The molecule has 1 aliphatic heterocycles. The third-order valence-corrected chi connectivity index (χ3v) is 3.88. The van der Waals surface area contributed by atoms with Crippen molar-refractivity contribution in [2.45, 2.75) is 32.2 Å². The van der Waals surface area contributed by atoms with Gasteiger partial charge in [-0.1, -0.05) is 18.5 Å². The summed E-state index contributed by atoms with van der Waals surface area (Å²) in [5.41, 5.74) is 0.613.